The topological polar surface area (TPSA) is 68.0 Å². The Morgan fingerprint density at radius 3 is 2.87 bits per heavy atom. The van der Waals surface area contributed by atoms with E-state index in [1.807, 2.05) is 0 Å². The molecule has 0 saturated heterocycles. The van der Waals surface area contributed by atoms with Crippen molar-refractivity contribution in [3.63, 3.8) is 0 Å². The first kappa shape index (κ1) is 12.1. The first-order chi connectivity index (χ1) is 7.09. The van der Waals surface area contributed by atoms with E-state index >= 15 is 0 Å². The Labute approximate surface area is 101 Å². The molecule has 80 valence electrons. The van der Waals surface area contributed by atoms with Gasteiger partial charge in [0.25, 0.3) is 5.91 Å². The standard InChI is InChI=1S/C9H10BrN3OS/c10-6-1-2-7(13-5-6)9(14)12-4-3-8(11)15/h1-2,5H,3-4H2,(H2,11,15)(H,12,14). The van der Waals surface area contributed by atoms with E-state index in [9.17, 15) is 4.79 Å². The van der Waals surface area contributed by atoms with Gasteiger partial charge in [0.15, 0.2) is 0 Å². The molecule has 0 unspecified atom stereocenters. The molecular formula is C9H10BrN3OS. The summed E-state index contributed by atoms with van der Waals surface area (Å²) in [5.41, 5.74) is 5.67. The molecule has 3 N–H and O–H groups in total. The zero-order chi connectivity index (χ0) is 11.3. The molecule has 0 aliphatic heterocycles. The first-order valence-corrected chi connectivity index (χ1v) is 5.48. The van der Waals surface area contributed by atoms with Crippen molar-refractivity contribution >= 4 is 39.0 Å². The van der Waals surface area contributed by atoms with Crippen molar-refractivity contribution < 1.29 is 4.79 Å². The average Bonchev–Trinajstić information content (AvgIpc) is 2.18. The molecule has 1 heterocycles. The second-order valence-corrected chi connectivity index (χ2v) is 4.27. The molecule has 0 radical (unpaired) electrons. The van der Waals surface area contributed by atoms with Crippen molar-refractivity contribution in [3.8, 4) is 0 Å². The first-order valence-electron chi connectivity index (χ1n) is 4.27. The summed E-state index contributed by atoms with van der Waals surface area (Å²) >= 11 is 7.92. The Morgan fingerprint density at radius 2 is 2.33 bits per heavy atom. The van der Waals surface area contributed by atoms with Gasteiger partial charge in [0, 0.05) is 23.6 Å². The Balaban J connectivity index is 2.47. The van der Waals surface area contributed by atoms with E-state index in [2.05, 4.69) is 38.4 Å². The molecular weight excluding hydrogens is 278 g/mol. The van der Waals surface area contributed by atoms with Crippen LogP contribution in [0.2, 0.25) is 0 Å². The van der Waals surface area contributed by atoms with Crippen molar-refractivity contribution in [1.29, 1.82) is 0 Å². The van der Waals surface area contributed by atoms with Gasteiger partial charge < -0.3 is 11.1 Å². The summed E-state index contributed by atoms with van der Waals surface area (Å²) in [5.74, 6) is -0.223. The summed E-state index contributed by atoms with van der Waals surface area (Å²) in [6.45, 7) is 0.436. The molecule has 1 aromatic heterocycles. The molecule has 0 atom stereocenters. The number of aromatic nitrogens is 1. The maximum Gasteiger partial charge on any atom is 0.269 e. The third-order valence-corrected chi connectivity index (χ3v) is 2.29. The molecule has 0 saturated carbocycles. The van der Waals surface area contributed by atoms with E-state index in [1.165, 1.54) is 0 Å². The SMILES string of the molecule is NC(=S)CCNC(=O)c1ccc(Br)cn1. The van der Waals surface area contributed by atoms with Crippen LogP contribution in [0.3, 0.4) is 0 Å². The molecule has 15 heavy (non-hydrogen) atoms. The number of pyridine rings is 1. The van der Waals surface area contributed by atoms with Crippen molar-refractivity contribution in [2.24, 2.45) is 5.73 Å². The molecule has 0 bridgehead atoms. The number of hydrogen-bond acceptors (Lipinski definition) is 3. The lowest BCUT2D eigenvalue weighted by molar-refractivity contribution is 0.0950. The van der Waals surface area contributed by atoms with E-state index in [-0.39, 0.29) is 5.91 Å². The number of nitrogens with zero attached hydrogens (tertiary/aromatic N) is 1. The molecule has 0 aliphatic rings. The fourth-order valence-corrected chi connectivity index (χ4v) is 1.24. The highest BCUT2D eigenvalue weighted by molar-refractivity contribution is 9.10. The van der Waals surface area contributed by atoms with Crippen molar-refractivity contribution in [1.82, 2.24) is 10.3 Å². The lowest BCUT2D eigenvalue weighted by atomic mass is 10.3. The number of nitrogens with two attached hydrogens (primary N) is 1. The second kappa shape index (κ2) is 5.77. The van der Waals surface area contributed by atoms with Crippen molar-refractivity contribution in [3.05, 3.63) is 28.5 Å². The predicted octanol–water partition coefficient (Wildman–Crippen LogP) is 1.25. The van der Waals surface area contributed by atoms with Crippen LogP contribution in [0, 0.1) is 0 Å². The summed E-state index contributed by atoms with van der Waals surface area (Å²) in [5, 5.41) is 2.67. The van der Waals surface area contributed by atoms with E-state index in [1.54, 1.807) is 18.3 Å². The van der Waals surface area contributed by atoms with Gasteiger partial charge in [0.05, 0.1) is 4.99 Å². The molecule has 0 aromatic carbocycles. The molecule has 0 spiro atoms. The van der Waals surface area contributed by atoms with Crippen LogP contribution in [0.1, 0.15) is 16.9 Å². The van der Waals surface area contributed by atoms with Crippen LogP contribution < -0.4 is 11.1 Å². The summed E-state index contributed by atoms with van der Waals surface area (Å²) in [6.07, 6.45) is 2.07. The van der Waals surface area contributed by atoms with Crippen LogP contribution in [0.4, 0.5) is 0 Å². The van der Waals surface area contributed by atoms with Gasteiger partial charge >= 0.3 is 0 Å². The van der Waals surface area contributed by atoms with Gasteiger partial charge in [-0.15, -0.1) is 0 Å². The van der Waals surface area contributed by atoms with Gasteiger partial charge in [-0.3, -0.25) is 4.79 Å². The third-order valence-electron chi connectivity index (χ3n) is 1.62. The lowest BCUT2D eigenvalue weighted by Gasteiger charge is -2.03. The molecule has 0 aliphatic carbocycles. The smallest absolute Gasteiger partial charge is 0.269 e. The maximum atomic E-state index is 11.5. The molecule has 4 nitrogen and oxygen atoms in total. The fourth-order valence-electron chi connectivity index (χ4n) is 0.900. The number of thiocarbonyl (C=S) groups is 1. The summed E-state index contributed by atoms with van der Waals surface area (Å²) in [6, 6.07) is 3.40. The number of nitrogens with one attached hydrogen (secondary N) is 1. The Hall–Kier alpha value is -1.01. The quantitative estimate of drug-likeness (QED) is 0.818. The third kappa shape index (κ3) is 4.35. The summed E-state index contributed by atoms with van der Waals surface area (Å²) < 4.78 is 0.835. The number of carbonyl (C=O) groups excluding carboxylic acids is 1. The van der Waals surface area contributed by atoms with Crippen LogP contribution in [-0.4, -0.2) is 22.4 Å². The maximum absolute atomic E-state index is 11.5. The van der Waals surface area contributed by atoms with Crippen LogP contribution in [0.5, 0.6) is 0 Å². The molecule has 1 rings (SSSR count). The Morgan fingerprint density at radius 1 is 1.60 bits per heavy atom. The normalized spacial score (nSPS) is 9.67. The highest BCUT2D eigenvalue weighted by Gasteiger charge is 2.05. The van der Waals surface area contributed by atoms with Crippen LogP contribution in [-0.2, 0) is 0 Å². The average molecular weight is 288 g/mol. The molecule has 1 amide bonds. The zero-order valence-corrected chi connectivity index (χ0v) is 10.3. The van der Waals surface area contributed by atoms with Gasteiger partial charge in [-0.25, -0.2) is 4.98 Å². The number of carbonyl (C=O) groups is 1. The number of rotatable bonds is 4. The summed E-state index contributed by atoms with van der Waals surface area (Å²) in [4.78, 5) is 15.8. The van der Waals surface area contributed by atoms with E-state index in [4.69, 9.17) is 5.73 Å². The van der Waals surface area contributed by atoms with Gasteiger partial charge in [0.2, 0.25) is 0 Å². The van der Waals surface area contributed by atoms with Gasteiger partial charge in [-0.2, -0.15) is 0 Å². The number of hydrogen-bond donors (Lipinski definition) is 2. The Kier molecular flexibility index (Phi) is 4.64. The second-order valence-electron chi connectivity index (χ2n) is 2.83. The van der Waals surface area contributed by atoms with E-state index in [0.29, 0.717) is 23.6 Å². The molecule has 0 fully saturated rings. The minimum Gasteiger partial charge on any atom is -0.393 e. The van der Waals surface area contributed by atoms with Crippen LogP contribution in [0.15, 0.2) is 22.8 Å². The van der Waals surface area contributed by atoms with Gasteiger partial charge in [-0.05, 0) is 28.1 Å². The van der Waals surface area contributed by atoms with Crippen LogP contribution >= 0.6 is 28.1 Å². The van der Waals surface area contributed by atoms with Gasteiger partial charge in [-0.1, -0.05) is 12.2 Å². The zero-order valence-electron chi connectivity index (χ0n) is 7.87. The minimum absolute atomic E-state index is 0.223. The number of amides is 1. The van der Waals surface area contributed by atoms with E-state index < -0.39 is 0 Å². The van der Waals surface area contributed by atoms with Crippen LogP contribution in [0.25, 0.3) is 0 Å². The van der Waals surface area contributed by atoms with Gasteiger partial charge in [0.1, 0.15) is 5.69 Å². The predicted molar refractivity (Wildman–Crippen MR) is 65.7 cm³/mol. The highest BCUT2D eigenvalue weighted by Crippen LogP contribution is 2.07. The lowest BCUT2D eigenvalue weighted by Crippen LogP contribution is -2.27. The molecule has 1 aromatic rings. The highest BCUT2D eigenvalue weighted by atomic mass is 79.9. The number of halogens is 1. The summed E-state index contributed by atoms with van der Waals surface area (Å²) in [7, 11) is 0. The molecule has 6 heteroatoms. The largest absolute Gasteiger partial charge is 0.393 e. The van der Waals surface area contributed by atoms with Crippen molar-refractivity contribution in [2.75, 3.05) is 6.54 Å². The monoisotopic (exact) mass is 287 g/mol. The van der Waals surface area contributed by atoms with E-state index in [0.717, 1.165) is 4.47 Å². The minimum atomic E-state index is -0.223. The Bertz CT molecular complexity index is 366. The van der Waals surface area contributed by atoms with Crippen molar-refractivity contribution in [2.45, 2.75) is 6.42 Å². The fraction of sp³-hybridized carbons (Fsp3) is 0.222.